The fourth-order valence-corrected chi connectivity index (χ4v) is 2.82. The number of ether oxygens (including phenoxy) is 1. The third-order valence-corrected chi connectivity index (χ3v) is 3.89. The maximum atomic E-state index is 10.7. The number of aromatic nitrogens is 3. The lowest BCUT2D eigenvalue weighted by atomic mass is 10.2. The number of phosphoric acid groups is 1. The van der Waals surface area contributed by atoms with Crippen molar-refractivity contribution < 1.29 is 28.7 Å². The average Bonchev–Trinajstić information content (AvgIpc) is 3.00. The molecule has 1 fully saturated rings. The second-order valence-electron chi connectivity index (χ2n) is 4.96. The molecule has 10 nitrogen and oxygen atoms in total. The van der Waals surface area contributed by atoms with E-state index in [9.17, 15) is 9.67 Å². The first-order valence-corrected chi connectivity index (χ1v) is 7.99. The molecular formula is C11H15N4O6P. The van der Waals surface area contributed by atoms with E-state index in [0.29, 0.717) is 16.9 Å². The molecule has 2 aromatic heterocycles. The van der Waals surface area contributed by atoms with Crippen LogP contribution in [0.5, 0.6) is 0 Å². The molecule has 1 aliphatic heterocycles. The zero-order chi connectivity index (χ0) is 15.9. The van der Waals surface area contributed by atoms with Gasteiger partial charge in [0, 0.05) is 12.6 Å². The number of hydrogen-bond acceptors (Lipinski definition) is 7. The van der Waals surface area contributed by atoms with E-state index in [2.05, 4.69) is 14.5 Å². The summed E-state index contributed by atoms with van der Waals surface area (Å²) in [6.45, 7) is -0.311. The van der Waals surface area contributed by atoms with E-state index >= 15 is 0 Å². The van der Waals surface area contributed by atoms with Gasteiger partial charge in [-0.2, -0.15) is 0 Å². The number of rotatable bonds is 4. The Balaban J connectivity index is 1.80. The van der Waals surface area contributed by atoms with Crippen LogP contribution in [-0.4, -0.2) is 48.2 Å². The number of nitrogens with two attached hydrogens (primary N) is 1. The van der Waals surface area contributed by atoms with E-state index in [1.54, 1.807) is 16.8 Å². The summed E-state index contributed by atoms with van der Waals surface area (Å²) in [4.78, 5) is 25.4. The molecule has 0 aliphatic carbocycles. The minimum Gasteiger partial charge on any atom is -0.388 e. The predicted molar refractivity (Wildman–Crippen MR) is 74.5 cm³/mol. The molecule has 0 aromatic carbocycles. The van der Waals surface area contributed by atoms with E-state index in [1.165, 1.54) is 6.33 Å². The monoisotopic (exact) mass is 330 g/mol. The Morgan fingerprint density at radius 3 is 3.00 bits per heavy atom. The molecule has 0 unspecified atom stereocenters. The van der Waals surface area contributed by atoms with Gasteiger partial charge in [0.1, 0.15) is 23.9 Å². The van der Waals surface area contributed by atoms with Crippen molar-refractivity contribution in [3.63, 3.8) is 0 Å². The van der Waals surface area contributed by atoms with Crippen LogP contribution in [0.1, 0.15) is 12.6 Å². The van der Waals surface area contributed by atoms with Gasteiger partial charge in [-0.15, -0.1) is 0 Å². The molecule has 3 rings (SSSR count). The van der Waals surface area contributed by atoms with Crippen LogP contribution in [0.3, 0.4) is 0 Å². The highest BCUT2D eigenvalue weighted by molar-refractivity contribution is 7.46. The summed E-state index contributed by atoms with van der Waals surface area (Å²) < 4.78 is 22.3. The molecule has 0 amide bonds. The van der Waals surface area contributed by atoms with Crippen LogP contribution in [-0.2, 0) is 13.8 Å². The number of fused-ring (bicyclic) bond motifs is 1. The molecule has 1 aliphatic rings. The fraction of sp³-hybridized carbons (Fsp3) is 0.455. The second-order valence-corrected chi connectivity index (χ2v) is 6.20. The predicted octanol–water partition coefficient (Wildman–Crippen LogP) is -0.229. The Kier molecular flexibility index (Phi) is 3.89. The first kappa shape index (κ1) is 15.3. The topological polar surface area (TPSA) is 153 Å². The number of nitrogen functional groups attached to an aromatic ring is 1. The van der Waals surface area contributed by atoms with Gasteiger partial charge in [0.15, 0.2) is 6.23 Å². The minimum absolute atomic E-state index is 0.185. The summed E-state index contributed by atoms with van der Waals surface area (Å²) in [6.07, 6.45) is 0.920. The maximum Gasteiger partial charge on any atom is 0.469 e. The number of nitrogens with zero attached hydrogens (tertiary/aromatic N) is 3. The van der Waals surface area contributed by atoms with Gasteiger partial charge in [-0.25, -0.2) is 14.5 Å². The molecule has 120 valence electrons. The molecular weight excluding hydrogens is 315 g/mol. The van der Waals surface area contributed by atoms with Gasteiger partial charge in [-0.05, 0) is 6.07 Å². The van der Waals surface area contributed by atoms with Crippen LogP contribution >= 0.6 is 7.82 Å². The Morgan fingerprint density at radius 2 is 2.27 bits per heavy atom. The van der Waals surface area contributed by atoms with Crippen molar-refractivity contribution in [1.29, 1.82) is 0 Å². The number of anilines is 1. The zero-order valence-electron chi connectivity index (χ0n) is 11.3. The Labute approximate surface area is 124 Å². The second kappa shape index (κ2) is 5.58. The number of aliphatic hydroxyl groups is 1. The molecule has 1 saturated heterocycles. The first-order valence-electron chi connectivity index (χ1n) is 6.46. The van der Waals surface area contributed by atoms with Gasteiger partial charge in [-0.3, -0.25) is 4.52 Å². The van der Waals surface area contributed by atoms with Gasteiger partial charge in [0.2, 0.25) is 0 Å². The van der Waals surface area contributed by atoms with Crippen LogP contribution in [0.2, 0.25) is 0 Å². The highest BCUT2D eigenvalue weighted by Crippen LogP contribution is 2.38. The van der Waals surface area contributed by atoms with Gasteiger partial charge in [0.25, 0.3) is 0 Å². The van der Waals surface area contributed by atoms with Crippen molar-refractivity contribution >= 4 is 24.7 Å². The van der Waals surface area contributed by atoms with Crippen LogP contribution in [0, 0.1) is 0 Å². The first-order chi connectivity index (χ1) is 10.3. The van der Waals surface area contributed by atoms with Crippen molar-refractivity contribution in [2.75, 3.05) is 12.3 Å². The lowest BCUT2D eigenvalue weighted by Crippen LogP contribution is -2.19. The van der Waals surface area contributed by atoms with E-state index in [1.807, 2.05) is 0 Å². The maximum absolute atomic E-state index is 10.7. The standard InChI is InChI=1S/C11H15N4O6P/c12-9-7-1-2-15(10(7)14-5-13-9)11-8(16)3-6(21-11)4-20-22(17,18)19/h1-2,5-6,8,11,16H,3-4H2,(H2,12,13,14)(H2,17,18,19)/t6-,8+,11+/m0/s1. The van der Waals surface area contributed by atoms with Crippen molar-refractivity contribution in [3.8, 4) is 0 Å². The van der Waals surface area contributed by atoms with Gasteiger partial charge >= 0.3 is 7.82 Å². The largest absolute Gasteiger partial charge is 0.469 e. The van der Waals surface area contributed by atoms with E-state index in [-0.39, 0.29) is 13.0 Å². The molecule has 2 aromatic rings. The van der Waals surface area contributed by atoms with Gasteiger partial charge in [0.05, 0.1) is 18.1 Å². The van der Waals surface area contributed by atoms with Crippen LogP contribution < -0.4 is 5.73 Å². The third kappa shape index (κ3) is 2.98. The van der Waals surface area contributed by atoms with Crippen LogP contribution in [0.15, 0.2) is 18.6 Å². The molecule has 3 heterocycles. The molecule has 0 spiro atoms. The molecule has 0 radical (unpaired) electrons. The summed E-state index contributed by atoms with van der Waals surface area (Å²) in [5.74, 6) is 0.317. The number of aliphatic hydroxyl groups excluding tert-OH is 1. The fourth-order valence-electron chi connectivity index (χ4n) is 2.46. The summed E-state index contributed by atoms with van der Waals surface area (Å²) in [5.41, 5.74) is 6.26. The zero-order valence-corrected chi connectivity index (χ0v) is 12.2. The Morgan fingerprint density at radius 1 is 1.50 bits per heavy atom. The number of phosphoric ester groups is 1. The normalized spacial score (nSPS) is 25.9. The number of hydrogen-bond donors (Lipinski definition) is 4. The highest BCUT2D eigenvalue weighted by Gasteiger charge is 2.37. The van der Waals surface area contributed by atoms with E-state index in [0.717, 1.165) is 0 Å². The van der Waals surface area contributed by atoms with Crippen LogP contribution in [0.25, 0.3) is 11.0 Å². The lowest BCUT2D eigenvalue weighted by molar-refractivity contribution is -0.0478. The quantitative estimate of drug-likeness (QED) is 0.557. The third-order valence-electron chi connectivity index (χ3n) is 3.41. The summed E-state index contributed by atoms with van der Waals surface area (Å²) in [7, 11) is -4.57. The van der Waals surface area contributed by atoms with Crippen molar-refractivity contribution in [3.05, 3.63) is 18.6 Å². The molecule has 22 heavy (non-hydrogen) atoms. The van der Waals surface area contributed by atoms with Crippen LogP contribution in [0.4, 0.5) is 5.82 Å². The minimum atomic E-state index is -4.57. The molecule has 11 heteroatoms. The van der Waals surface area contributed by atoms with Gasteiger partial charge < -0.3 is 29.9 Å². The molecule has 3 atom stereocenters. The summed E-state index contributed by atoms with van der Waals surface area (Å²) in [6, 6.07) is 1.71. The average molecular weight is 330 g/mol. The highest BCUT2D eigenvalue weighted by atomic mass is 31.2. The van der Waals surface area contributed by atoms with Gasteiger partial charge in [-0.1, -0.05) is 0 Å². The molecule has 5 N–H and O–H groups in total. The van der Waals surface area contributed by atoms with E-state index in [4.69, 9.17) is 20.3 Å². The van der Waals surface area contributed by atoms with Crippen molar-refractivity contribution in [1.82, 2.24) is 14.5 Å². The van der Waals surface area contributed by atoms with E-state index < -0.39 is 26.3 Å². The summed E-state index contributed by atoms with van der Waals surface area (Å²) >= 11 is 0. The van der Waals surface area contributed by atoms with Crippen molar-refractivity contribution in [2.45, 2.75) is 24.9 Å². The Bertz CT molecular complexity index is 730. The molecule has 0 saturated carbocycles. The smallest absolute Gasteiger partial charge is 0.388 e. The Hall–Kier alpha value is -1.55. The lowest BCUT2D eigenvalue weighted by Gasteiger charge is -2.17. The SMILES string of the molecule is Nc1ncnc2c1ccn2[C@@H]1O[C@H](COP(=O)(O)O)C[C@H]1O. The summed E-state index contributed by atoms with van der Waals surface area (Å²) in [5, 5.41) is 10.8. The molecule has 0 bridgehead atoms. The van der Waals surface area contributed by atoms with Crippen molar-refractivity contribution in [2.24, 2.45) is 0 Å².